The van der Waals surface area contributed by atoms with Gasteiger partial charge in [-0.25, -0.2) is 4.39 Å². The van der Waals surface area contributed by atoms with Gasteiger partial charge in [-0.3, -0.25) is 4.79 Å². The minimum atomic E-state index is -0.339. The molecule has 0 amide bonds. The maximum absolute atomic E-state index is 12.8. The van der Waals surface area contributed by atoms with Gasteiger partial charge in [0.2, 0.25) is 0 Å². The molecule has 0 atom stereocenters. The number of aryl methyl sites for hydroxylation is 2. The van der Waals surface area contributed by atoms with Crippen LogP contribution in [0.15, 0.2) is 36.4 Å². The third-order valence-electron chi connectivity index (χ3n) is 3.35. The predicted molar refractivity (Wildman–Crippen MR) is 76.4 cm³/mol. The molecule has 0 spiro atoms. The lowest BCUT2D eigenvalue weighted by Gasteiger charge is -2.12. The zero-order chi connectivity index (χ0) is 14.7. The van der Waals surface area contributed by atoms with E-state index in [0.717, 1.165) is 22.3 Å². The number of hydrogen-bond donors (Lipinski definition) is 0. The number of halogens is 1. The zero-order valence-corrected chi connectivity index (χ0v) is 11.9. The number of carbonyl (C=O) groups is 1. The van der Waals surface area contributed by atoms with Gasteiger partial charge >= 0.3 is 5.97 Å². The van der Waals surface area contributed by atoms with E-state index in [-0.39, 0.29) is 18.2 Å². The van der Waals surface area contributed by atoms with Crippen molar-refractivity contribution in [1.82, 2.24) is 0 Å². The Kier molecular flexibility index (Phi) is 4.18. The Morgan fingerprint density at radius 3 is 2.25 bits per heavy atom. The predicted octanol–water partition coefficient (Wildman–Crippen LogP) is 3.90. The Morgan fingerprint density at radius 2 is 1.60 bits per heavy atom. The van der Waals surface area contributed by atoms with Gasteiger partial charge in [0.1, 0.15) is 11.6 Å². The first kappa shape index (κ1) is 14.3. The lowest BCUT2D eigenvalue weighted by molar-refractivity contribution is -0.133. The summed E-state index contributed by atoms with van der Waals surface area (Å²) in [5, 5.41) is 0. The molecule has 0 radical (unpaired) electrons. The molecule has 0 heterocycles. The lowest BCUT2D eigenvalue weighted by atomic mass is 10.1. The van der Waals surface area contributed by atoms with Crippen LogP contribution in [0.5, 0.6) is 5.75 Å². The second-order valence-corrected chi connectivity index (χ2v) is 4.93. The highest BCUT2D eigenvalue weighted by molar-refractivity contribution is 5.76. The number of rotatable bonds is 3. The standard InChI is InChI=1S/C17H17FO2/c1-11-4-5-12(2)17(13(11)3)20-16(19)10-14-6-8-15(18)9-7-14/h4-9H,10H2,1-3H3. The molecule has 20 heavy (non-hydrogen) atoms. The maximum Gasteiger partial charge on any atom is 0.315 e. The lowest BCUT2D eigenvalue weighted by Crippen LogP contribution is -2.13. The Morgan fingerprint density at radius 1 is 1.00 bits per heavy atom. The van der Waals surface area contributed by atoms with Gasteiger partial charge in [-0.15, -0.1) is 0 Å². The fraction of sp³-hybridized carbons (Fsp3) is 0.235. The van der Waals surface area contributed by atoms with Crippen LogP contribution in [0.1, 0.15) is 22.3 Å². The van der Waals surface area contributed by atoms with Crippen molar-refractivity contribution in [3.05, 3.63) is 64.5 Å². The smallest absolute Gasteiger partial charge is 0.315 e. The molecule has 3 heteroatoms. The summed E-state index contributed by atoms with van der Waals surface area (Å²) in [7, 11) is 0. The molecule has 2 nitrogen and oxygen atoms in total. The Bertz CT molecular complexity index is 630. The third-order valence-corrected chi connectivity index (χ3v) is 3.35. The zero-order valence-electron chi connectivity index (χ0n) is 11.9. The molecule has 0 aliphatic rings. The molecule has 0 aliphatic carbocycles. The van der Waals surface area contributed by atoms with Crippen LogP contribution < -0.4 is 4.74 Å². The van der Waals surface area contributed by atoms with Crippen molar-refractivity contribution in [3.8, 4) is 5.75 Å². The van der Waals surface area contributed by atoms with Gasteiger partial charge in [0, 0.05) is 0 Å². The van der Waals surface area contributed by atoms with Crippen LogP contribution in [0, 0.1) is 26.6 Å². The molecule has 0 saturated carbocycles. The van der Waals surface area contributed by atoms with E-state index >= 15 is 0 Å². The largest absolute Gasteiger partial charge is 0.426 e. The number of esters is 1. The highest BCUT2D eigenvalue weighted by atomic mass is 19.1. The van der Waals surface area contributed by atoms with Crippen molar-refractivity contribution in [2.75, 3.05) is 0 Å². The number of hydrogen-bond acceptors (Lipinski definition) is 2. The van der Waals surface area contributed by atoms with Crippen LogP contribution in [-0.2, 0) is 11.2 Å². The van der Waals surface area contributed by atoms with Gasteiger partial charge in [-0.1, -0.05) is 24.3 Å². The van der Waals surface area contributed by atoms with Gasteiger partial charge in [-0.05, 0) is 55.2 Å². The van der Waals surface area contributed by atoms with Crippen molar-refractivity contribution >= 4 is 5.97 Å². The Labute approximate surface area is 118 Å². The minimum absolute atomic E-state index is 0.132. The first-order valence-electron chi connectivity index (χ1n) is 6.49. The Hall–Kier alpha value is -2.16. The van der Waals surface area contributed by atoms with Crippen LogP contribution in [0.25, 0.3) is 0 Å². The van der Waals surface area contributed by atoms with E-state index < -0.39 is 0 Å². The van der Waals surface area contributed by atoms with Crippen molar-refractivity contribution < 1.29 is 13.9 Å². The van der Waals surface area contributed by atoms with Gasteiger partial charge in [0.05, 0.1) is 6.42 Å². The molecule has 104 valence electrons. The summed E-state index contributed by atoms with van der Waals surface area (Å²) >= 11 is 0. The molecule has 2 aromatic rings. The molecule has 2 aromatic carbocycles. The molecule has 0 fully saturated rings. The van der Waals surface area contributed by atoms with E-state index in [4.69, 9.17) is 4.74 Å². The molecular formula is C17H17FO2. The molecular weight excluding hydrogens is 255 g/mol. The highest BCUT2D eigenvalue weighted by Crippen LogP contribution is 2.26. The van der Waals surface area contributed by atoms with Crippen LogP contribution >= 0.6 is 0 Å². The maximum atomic E-state index is 12.8. The average Bonchev–Trinajstić information content (AvgIpc) is 2.42. The fourth-order valence-corrected chi connectivity index (χ4v) is 2.00. The van der Waals surface area contributed by atoms with Crippen LogP contribution in [0.2, 0.25) is 0 Å². The summed E-state index contributed by atoms with van der Waals surface area (Å²) in [6.07, 6.45) is 0.132. The van der Waals surface area contributed by atoms with E-state index in [1.165, 1.54) is 12.1 Å². The van der Waals surface area contributed by atoms with Crippen LogP contribution in [-0.4, -0.2) is 5.97 Å². The first-order chi connectivity index (χ1) is 9.47. The van der Waals surface area contributed by atoms with Crippen LogP contribution in [0.4, 0.5) is 4.39 Å². The molecule has 0 aromatic heterocycles. The van der Waals surface area contributed by atoms with E-state index in [1.807, 2.05) is 32.9 Å². The molecule has 0 saturated heterocycles. The molecule has 0 unspecified atom stereocenters. The topological polar surface area (TPSA) is 26.3 Å². The van der Waals surface area contributed by atoms with Crippen molar-refractivity contribution in [2.24, 2.45) is 0 Å². The third kappa shape index (κ3) is 3.23. The second-order valence-electron chi connectivity index (χ2n) is 4.93. The second kappa shape index (κ2) is 5.87. The quantitative estimate of drug-likeness (QED) is 0.625. The molecule has 0 N–H and O–H groups in total. The number of carbonyl (C=O) groups excluding carboxylic acids is 1. The van der Waals surface area contributed by atoms with Crippen LogP contribution in [0.3, 0.4) is 0 Å². The monoisotopic (exact) mass is 272 g/mol. The summed E-state index contributed by atoms with van der Waals surface area (Å²) in [6, 6.07) is 9.79. The average molecular weight is 272 g/mol. The van der Waals surface area contributed by atoms with Gasteiger partial charge in [0.25, 0.3) is 0 Å². The molecule has 0 aliphatic heterocycles. The van der Waals surface area contributed by atoms with E-state index in [9.17, 15) is 9.18 Å². The summed E-state index contributed by atoms with van der Waals surface area (Å²) in [5.74, 6) is -0.0296. The van der Waals surface area contributed by atoms with E-state index in [0.29, 0.717) is 5.75 Å². The minimum Gasteiger partial charge on any atom is -0.426 e. The van der Waals surface area contributed by atoms with E-state index in [2.05, 4.69) is 0 Å². The Balaban J connectivity index is 2.12. The number of benzene rings is 2. The first-order valence-corrected chi connectivity index (χ1v) is 6.49. The summed E-state index contributed by atoms with van der Waals surface area (Å²) in [4.78, 5) is 12.0. The van der Waals surface area contributed by atoms with Gasteiger partial charge < -0.3 is 4.74 Å². The van der Waals surface area contributed by atoms with Crippen molar-refractivity contribution in [2.45, 2.75) is 27.2 Å². The van der Waals surface area contributed by atoms with Gasteiger partial charge in [0.15, 0.2) is 0 Å². The van der Waals surface area contributed by atoms with Crippen molar-refractivity contribution in [3.63, 3.8) is 0 Å². The molecule has 2 rings (SSSR count). The fourth-order valence-electron chi connectivity index (χ4n) is 2.00. The number of ether oxygens (including phenoxy) is 1. The van der Waals surface area contributed by atoms with E-state index in [1.54, 1.807) is 12.1 Å². The summed E-state index contributed by atoms with van der Waals surface area (Å²) < 4.78 is 18.3. The SMILES string of the molecule is Cc1ccc(C)c(OC(=O)Cc2ccc(F)cc2)c1C. The highest BCUT2D eigenvalue weighted by Gasteiger charge is 2.12. The van der Waals surface area contributed by atoms with Crippen molar-refractivity contribution in [1.29, 1.82) is 0 Å². The summed E-state index contributed by atoms with van der Waals surface area (Å²) in [5.41, 5.74) is 3.72. The summed E-state index contributed by atoms with van der Waals surface area (Å²) in [6.45, 7) is 5.82. The van der Waals surface area contributed by atoms with Gasteiger partial charge in [-0.2, -0.15) is 0 Å². The molecule has 0 bridgehead atoms. The normalized spacial score (nSPS) is 10.4.